The van der Waals surface area contributed by atoms with Crippen molar-refractivity contribution in [2.75, 3.05) is 6.54 Å². The van der Waals surface area contributed by atoms with E-state index in [1.807, 2.05) is 24.3 Å². The second-order valence-electron chi connectivity index (χ2n) is 6.22. The van der Waals surface area contributed by atoms with Gasteiger partial charge in [0.1, 0.15) is 6.04 Å². The molecule has 0 unspecified atom stereocenters. The van der Waals surface area contributed by atoms with Crippen LogP contribution in [0.5, 0.6) is 0 Å². The number of hydrogen-bond donors (Lipinski definition) is 4. The highest BCUT2D eigenvalue weighted by atomic mass is 32.2. The van der Waals surface area contributed by atoms with Crippen LogP contribution in [0.3, 0.4) is 0 Å². The zero-order valence-corrected chi connectivity index (χ0v) is 16.5. The number of nitrogens with one attached hydrogen (secondary N) is 1. The fourth-order valence-electron chi connectivity index (χ4n) is 2.86. The predicted molar refractivity (Wildman–Crippen MR) is 111 cm³/mol. The SMILES string of the molecule is NC(N)=NCCC[C@H](NS(=O)(=O)c1ccc2sc3ccccc3c2c1)C(=O)O. The largest absolute Gasteiger partial charge is 0.480 e. The zero-order chi connectivity index (χ0) is 20.3. The van der Waals surface area contributed by atoms with Crippen molar-refractivity contribution < 1.29 is 18.3 Å². The maximum Gasteiger partial charge on any atom is 0.321 e. The van der Waals surface area contributed by atoms with Crippen LogP contribution in [0.15, 0.2) is 52.4 Å². The molecule has 2 aromatic carbocycles. The second-order valence-corrected chi connectivity index (χ2v) is 9.01. The van der Waals surface area contributed by atoms with E-state index in [0.717, 1.165) is 20.2 Å². The molecule has 1 aromatic heterocycles. The zero-order valence-electron chi connectivity index (χ0n) is 14.8. The van der Waals surface area contributed by atoms with Gasteiger partial charge in [-0.25, -0.2) is 8.42 Å². The Hall–Kier alpha value is -2.69. The van der Waals surface area contributed by atoms with E-state index in [0.29, 0.717) is 6.42 Å². The van der Waals surface area contributed by atoms with Crippen molar-refractivity contribution in [3.63, 3.8) is 0 Å². The molecule has 0 aliphatic rings. The molecular formula is C18H20N4O4S2. The molecule has 6 N–H and O–H groups in total. The van der Waals surface area contributed by atoms with E-state index >= 15 is 0 Å². The molecule has 1 atom stereocenters. The number of fused-ring (bicyclic) bond motifs is 3. The normalized spacial score (nSPS) is 12.9. The lowest BCUT2D eigenvalue weighted by Gasteiger charge is -2.14. The van der Waals surface area contributed by atoms with Gasteiger partial charge in [-0.3, -0.25) is 9.79 Å². The molecule has 148 valence electrons. The Morgan fingerprint density at radius 2 is 1.86 bits per heavy atom. The van der Waals surface area contributed by atoms with Crippen molar-refractivity contribution in [2.24, 2.45) is 16.5 Å². The number of guanidine groups is 1. The molecule has 0 aliphatic carbocycles. The van der Waals surface area contributed by atoms with Crippen LogP contribution in [0.25, 0.3) is 20.2 Å². The van der Waals surface area contributed by atoms with E-state index in [4.69, 9.17) is 11.5 Å². The maximum atomic E-state index is 12.8. The van der Waals surface area contributed by atoms with E-state index in [2.05, 4.69) is 9.71 Å². The number of rotatable bonds is 8. The van der Waals surface area contributed by atoms with Gasteiger partial charge in [0.2, 0.25) is 10.0 Å². The first-order valence-corrected chi connectivity index (χ1v) is 10.8. The molecule has 0 saturated carbocycles. The average Bonchev–Trinajstić information content (AvgIpc) is 3.01. The van der Waals surface area contributed by atoms with Crippen LogP contribution in [0, 0.1) is 0 Å². The number of benzene rings is 2. The van der Waals surface area contributed by atoms with Crippen molar-refractivity contribution >= 4 is 53.5 Å². The number of aliphatic imine (C=N–C) groups is 1. The third kappa shape index (κ3) is 4.41. The molecule has 3 rings (SSSR count). The molecular weight excluding hydrogens is 400 g/mol. The molecule has 0 aliphatic heterocycles. The van der Waals surface area contributed by atoms with E-state index in [1.165, 1.54) is 6.07 Å². The Balaban J connectivity index is 1.85. The van der Waals surface area contributed by atoms with Gasteiger partial charge in [-0.2, -0.15) is 4.72 Å². The van der Waals surface area contributed by atoms with Crippen LogP contribution in [-0.4, -0.2) is 38.0 Å². The summed E-state index contributed by atoms with van der Waals surface area (Å²) < 4.78 is 29.8. The van der Waals surface area contributed by atoms with Gasteiger partial charge in [0.15, 0.2) is 5.96 Å². The summed E-state index contributed by atoms with van der Waals surface area (Å²) in [6, 6.07) is 11.3. The smallest absolute Gasteiger partial charge is 0.321 e. The van der Waals surface area contributed by atoms with Gasteiger partial charge in [0.25, 0.3) is 0 Å². The molecule has 3 aromatic rings. The van der Waals surface area contributed by atoms with Gasteiger partial charge in [-0.05, 0) is 37.1 Å². The summed E-state index contributed by atoms with van der Waals surface area (Å²) in [6.45, 7) is 0.223. The lowest BCUT2D eigenvalue weighted by molar-refractivity contribution is -0.139. The number of nitrogens with zero attached hydrogens (tertiary/aromatic N) is 1. The number of sulfonamides is 1. The number of carboxylic acids is 1. The summed E-state index contributed by atoms with van der Waals surface area (Å²) in [4.78, 5) is 15.3. The van der Waals surface area contributed by atoms with Crippen LogP contribution < -0.4 is 16.2 Å². The minimum atomic E-state index is -4.01. The van der Waals surface area contributed by atoms with E-state index in [9.17, 15) is 18.3 Å². The lowest BCUT2D eigenvalue weighted by atomic mass is 10.1. The van der Waals surface area contributed by atoms with Gasteiger partial charge in [0.05, 0.1) is 4.90 Å². The highest BCUT2D eigenvalue weighted by Gasteiger charge is 2.25. The fraction of sp³-hybridized carbons (Fsp3) is 0.222. The van der Waals surface area contributed by atoms with Gasteiger partial charge >= 0.3 is 5.97 Å². The summed E-state index contributed by atoms with van der Waals surface area (Å²) >= 11 is 1.57. The van der Waals surface area contributed by atoms with Crippen molar-refractivity contribution in [3.8, 4) is 0 Å². The van der Waals surface area contributed by atoms with Crippen LogP contribution in [0.2, 0.25) is 0 Å². The van der Waals surface area contributed by atoms with Crippen LogP contribution in [0.1, 0.15) is 12.8 Å². The van der Waals surface area contributed by atoms with E-state index in [-0.39, 0.29) is 23.8 Å². The van der Waals surface area contributed by atoms with Gasteiger partial charge in [-0.1, -0.05) is 18.2 Å². The molecule has 0 spiro atoms. The molecule has 1 heterocycles. The monoisotopic (exact) mass is 420 g/mol. The summed E-state index contributed by atoms with van der Waals surface area (Å²) in [5.41, 5.74) is 10.4. The molecule has 0 fully saturated rings. The van der Waals surface area contributed by atoms with Crippen molar-refractivity contribution in [1.29, 1.82) is 0 Å². The third-order valence-electron chi connectivity index (χ3n) is 4.20. The first-order valence-electron chi connectivity index (χ1n) is 8.50. The number of nitrogens with two attached hydrogens (primary N) is 2. The number of carbonyl (C=O) groups is 1. The Labute approximate surface area is 165 Å². The van der Waals surface area contributed by atoms with Gasteiger partial charge < -0.3 is 16.6 Å². The van der Waals surface area contributed by atoms with Crippen molar-refractivity contribution in [2.45, 2.75) is 23.8 Å². The summed E-state index contributed by atoms with van der Waals surface area (Å²) in [7, 11) is -4.01. The first kappa shape index (κ1) is 20.1. The number of thiophene rings is 1. The highest BCUT2D eigenvalue weighted by molar-refractivity contribution is 7.89. The number of carboxylic acid groups (broad SMARTS) is 1. The summed E-state index contributed by atoms with van der Waals surface area (Å²) in [6.07, 6.45) is 0.389. The van der Waals surface area contributed by atoms with E-state index < -0.39 is 22.0 Å². The van der Waals surface area contributed by atoms with Crippen LogP contribution >= 0.6 is 11.3 Å². The molecule has 10 heteroatoms. The minimum Gasteiger partial charge on any atom is -0.480 e. The standard InChI is InChI=1S/C18H20N4O4S2/c19-18(20)21-9-3-5-14(17(23)24)22-28(25,26)11-7-8-16-13(10-11)12-4-1-2-6-15(12)27-16/h1-2,4,6-8,10,14,22H,3,5,9H2,(H,23,24)(H4,19,20,21)/t14-/m0/s1. The Bertz CT molecular complexity index is 1150. The summed E-state index contributed by atoms with van der Waals surface area (Å²) in [5, 5.41) is 11.1. The van der Waals surface area contributed by atoms with Crippen LogP contribution in [-0.2, 0) is 14.8 Å². The first-order chi connectivity index (χ1) is 13.3. The molecule has 0 amide bonds. The third-order valence-corrected chi connectivity index (χ3v) is 6.82. The topological polar surface area (TPSA) is 148 Å². The summed E-state index contributed by atoms with van der Waals surface area (Å²) in [5.74, 6) is -1.35. The quantitative estimate of drug-likeness (QED) is 0.248. The fourth-order valence-corrected chi connectivity index (χ4v) is 5.20. The molecule has 0 saturated heterocycles. The van der Waals surface area contributed by atoms with Crippen LogP contribution in [0.4, 0.5) is 0 Å². The predicted octanol–water partition coefficient (Wildman–Crippen LogP) is 1.84. The lowest BCUT2D eigenvalue weighted by Crippen LogP contribution is -2.40. The minimum absolute atomic E-state index is 0.0269. The van der Waals surface area contributed by atoms with Crippen molar-refractivity contribution in [3.05, 3.63) is 42.5 Å². The molecule has 8 nitrogen and oxygen atoms in total. The molecule has 28 heavy (non-hydrogen) atoms. The Morgan fingerprint density at radius 3 is 2.57 bits per heavy atom. The number of aliphatic carboxylic acids is 1. The number of hydrogen-bond acceptors (Lipinski definition) is 5. The second kappa shape index (κ2) is 8.13. The maximum absolute atomic E-state index is 12.8. The van der Waals surface area contributed by atoms with Gasteiger partial charge in [-0.15, -0.1) is 11.3 Å². The van der Waals surface area contributed by atoms with E-state index in [1.54, 1.807) is 23.5 Å². The highest BCUT2D eigenvalue weighted by Crippen LogP contribution is 2.34. The molecule has 0 bridgehead atoms. The average molecular weight is 421 g/mol. The Kier molecular flexibility index (Phi) is 5.82. The molecule has 0 radical (unpaired) electrons. The van der Waals surface area contributed by atoms with Gasteiger partial charge in [0, 0.05) is 26.7 Å². The van der Waals surface area contributed by atoms with Crippen molar-refractivity contribution in [1.82, 2.24) is 4.72 Å². The Morgan fingerprint density at radius 1 is 1.14 bits per heavy atom.